The van der Waals surface area contributed by atoms with Crippen LogP contribution in [0.2, 0.25) is 0 Å². The summed E-state index contributed by atoms with van der Waals surface area (Å²) in [5.41, 5.74) is 6.06. The van der Waals surface area contributed by atoms with Gasteiger partial charge >= 0.3 is 0 Å². The van der Waals surface area contributed by atoms with Crippen molar-refractivity contribution >= 4 is 32.5 Å². The zero-order chi connectivity index (χ0) is 20.8. The first-order chi connectivity index (χ1) is 14.5. The normalized spacial score (nSPS) is 13.6. The van der Waals surface area contributed by atoms with Crippen LogP contribution in [0.3, 0.4) is 0 Å². The largest absolute Gasteiger partial charge is 0.382 e. The molecule has 3 aromatic carbocycles. The topological polar surface area (TPSA) is 29.9 Å². The van der Waals surface area contributed by atoms with Crippen molar-refractivity contribution < 1.29 is 4.39 Å². The van der Waals surface area contributed by atoms with Crippen LogP contribution in [0.15, 0.2) is 71.8 Å². The lowest BCUT2D eigenvalue weighted by Gasteiger charge is -2.14. The van der Waals surface area contributed by atoms with Gasteiger partial charge in [-0.1, -0.05) is 28.6 Å². The Morgan fingerprint density at radius 1 is 1.13 bits per heavy atom. The summed E-state index contributed by atoms with van der Waals surface area (Å²) >= 11 is 3.47. The number of rotatable bonds is 5. The van der Waals surface area contributed by atoms with Crippen molar-refractivity contribution in [1.29, 1.82) is 0 Å². The minimum atomic E-state index is -0.216. The molecule has 0 spiro atoms. The SMILES string of the molecule is C=C(NC1CC1)c1cc(F)c(C)c(-c2ccc3c(cnn3-c3ccc(Br)cc3)c2)c1. The van der Waals surface area contributed by atoms with Crippen molar-refractivity contribution in [2.24, 2.45) is 0 Å². The van der Waals surface area contributed by atoms with E-state index >= 15 is 0 Å². The highest BCUT2D eigenvalue weighted by molar-refractivity contribution is 9.10. The van der Waals surface area contributed by atoms with Crippen LogP contribution in [0.4, 0.5) is 4.39 Å². The van der Waals surface area contributed by atoms with Gasteiger partial charge in [-0.2, -0.15) is 5.10 Å². The summed E-state index contributed by atoms with van der Waals surface area (Å²) in [6, 6.07) is 18.2. The Morgan fingerprint density at radius 2 is 1.90 bits per heavy atom. The zero-order valence-corrected chi connectivity index (χ0v) is 18.2. The number of halogens is 2. The quantitative estimate of drug-likeness (QED) is 0.361. The Hall–Kier alpha value is -2.92. The first-order valence-corrected chi connectivity index (χ1v) is 10.8. The third-order valence-electron chi connectivity index (χ3n) is 5.60. The number of nitrogens with one attached hydrogen (secondary N) is 1. The van der Waals surface area contributed by atoms with Crippen LogP contribution >= 0.6 is 15.9 Å². The van der Waals surface area contributed by atoms with E-state index in [2.05, 4.69) is 39.0 Å². The molecule has 30 heavy (non-hydrogen) atoms. The minimum Gasteiger partial charge on any atom is -0.382 e. The Balaban J connectivity index is 1.55. The molecule has 0 atom stereocenters. The van der Waals surface area contributed by atoms with Crippen molar-refractivity contribution in [3.8, 4) is 16.8 Å². The molecule has 3 nitrogen and oxygen atoms in total. The third-order valence-corrected chi connectivity index (χ3v) is 6.13. The summed E-state index contributed by atoms with van der Waals surface area (Å²) in [5.74, 6) is -0.216. The number of hydrogen-bond acceptors (Lipinski definition) is 2. The number of aromatic nitrogens is 2. The molecule has 4 aromatic rings. The molecule has 0 aliphatic heterocycles. The van der Waals surface area contributed by atoms with Crippen LogP contribution in [-0.4, -0.2) is 15.8 Å². The first kappa shape index (κ1) is 19.1. The van der Waals surface area contributed by atoms with Crippen molar-refractivity contribution in [1.82, 2.24) is 15.1 Å². The summed E-state index contributed by atoms with van der Waals surface area (Å²) in [5, 5.41) is 8.94. The van der Waals surface area contributed by atoms with Crippen molar-refractivity contribution in [2.45, 2.75) is 25.8 Å². The highest BCUT2D eigenvalue weighted by Gasteiger charge is 2.22. The van der Waals surface area contributed by atoms with E-state index in [4.69, 9.17) is 0 Å². The molecule has 1 saturated carbocycles. The molecule has 0 amide bonds. The van der Waals surface area contributed by atoms with E-state index in [1.807, 2.05) is 60.3 Å². The van der Waals surface area contributed by atoms with Gasteiger partial charge in [0, 0.05) is 27.2 Å². The second-order valence-corrected chi connectivity index (χ2v) is 8.75. The first-order valence-electron chi connectivity index (χ1n) is 9.99. The molecule has 0 bridgehead atoms. The maximum atomic E-state index is 14.7. The van der Waals surface area contributed by atoms with Gasteiger partial charge in [-0.25, -0.2) is 9.07 Å². The van der Waals surface area contributed by atoms with Gasteiger partial charge in [0.2, 0.25) is 0 Å². The molecule has 1 heterocycles. The van der Waals surface area contributed by atoms with Crippen molar-refractivity contribution in [2.75, 3.05) is 0 Å². The van der Waals surface area contributed by atoms with Crippen LogP contribution in [-0.2, 0) is 0 Å². The van der Waals surface area contributed by atoms with Gasteiger partial charge < -0.3 is 5.32 Å². The maximum absolute atomic E-state index is 14.7. The van der Waals surface area contributed by atoms with E-state index in [9.17, 15) is 4.39 Å². The van der Waals surface area contributed by atoms with Gasteiger partial charge in [-0.05, 0) is 85.0 Å². The molecule has 0 unspecified atom stereocenters. The van der Waals surface area contributed by atoms with Crippen molar-refractivity contribution in [3.63, 3.8) is 0 Å². The fraction of sp³-hybridized carbons (Fsp3) is 0.160. The lowest BCUT2D eigenvalue weighted by molar-refractivity contribution is 0.618. The van der Waals surface area contributed by atoms with E-state index in [1.54, 1.807) is 6.07 Å². The minimum absolute atomic E-state index is 0.216. The van der Waals surface area contributed by atoms with Gasteiger partial charge in [0.25, 0.3) is 0 Å². The molecule has 5 rings (SSSR count). The molecule has 1 N–H and O–H groups in total. The lowest BCUT2D eigenvalue weighted by atomic mass is 9.96. The average Bonchev–Trinajstić information content (AvgIpc) is 3.46. The third kappa shape index (κ3) is 3.54. The van der Waals surface area contributed by atoms with E-state index in [1.165, 1.54) is 0 Å². The van der Waals surface area contributed by atoms with E-state index < -0.39 is 0 Å². The summed E-state index contributed by atoms with van der Waals surface area (Å²) in [6.07, 6.45) is 4.16. The Kier molecular flexibility index (Phi) is 4.70. The highest BCUT2D eigenvalue weighted by atomic mass is 79.9. The predicted molar refractivity (Wildman–Crippen MR) is 124 cm³/mol. The maximum Gasteiger partial charge on any atom is 0.127 e. The zero-order valence-electron chi connectivity index (χ0n) is 16.6. The number of fused-ring (bicyclic) bond motifs is 1. The van der Waals surface area contributed by atoms with E-state index in [-0.39, 0.29) is 5.82 Å². The molecule has 1 fully saturated rings. The Morgan fingerprint density at radius 3 is 2.63 bits per heavy atom. The van der Waals surface area contributed by atoms with Crippen LogP contribution in [0.5, 0.6) is 0 Å². The van der Waals surface area contributed by atoms with E-state index in [0.29, 0.717) is 11.6 Å². The van der Waals surface area contributed by atoms with E-state index in [0.717, 1.165) is 56.3 Å². The molecule has 0 saturated heterocycles. The smallest absolute Gasteiger partial charge is 0.127 e. The molecule has 1 aliphatic carbocycles. The van der Waals surface area contributed by atoms with Gasteiger partial charge in [0.05, 0.1) is 17.4 Å². The highest BCUT2D eigenvalue weighted by Crippen LogP contribution is 2.32. The molecule has 0 radical (unpaired) electrons. The van der Waals surface area contributed by atoms with Gasteiger partial charge in [0.1, 0.15) is 5.82 Å². The Labute approximate surface area is 183 Å². The monoisotopic (exact) mass is 461 g/mol. The second kappa shape index (κ2) is 7.40. The summed E-state index contributed by atoms with van der Waals surface area (Å²) < 4.78 is 17.7. The van der Waals surface area contributed by atoms with Crippen molar-refractivity contribution in [3.05, 3.63) is 88.8 Å². The van der Waals surface area contributed by atoms with Crippen LogP contribution < -0.4 is 5.32 Å². The second-order valence-electron chi connectivity index (χ2n) is 7.83. The van der Waals surface area contributed by atoms with Gasteiger partial charge in [0.15, 0.2) is 0 Å². The van der Waals surface area contributed by atoms with Gasteiger partial charge in [-0.15, -0.1) is 0 Å². The molecular weight excluding hydrogens is 441 g/mol. The molecule has 1 aromatic heterocycles. The van der Waals surface area contributed by atoms with Crippen LogP contribution in [0.1, 0.15) is 24.0 Å². The summed E-state index contributed by atoms with van der Waals surface area (Å²) in [6.45, 7) is 5.93. The predicted octanol–water partition coefficient (Wildman–Crippen LogP) is 6.63. The van der Waals surface area contributed by atoms with Crippen LogP contribution in [0.25, 0.3) is 33.4 Å². The summed E-state index contributed by atoms with van der Waals surface area (Å²) in [7, 11) is 0. The molecule has 1 aliphatic rings. The van der Waals surface area contributed by atoms with Gasteiger partial charge in [-0.3, -0.25) is 0 Å². The van der Waals surface area contributed by atoms with Crippen LogP contribution in [0, 0.1) is 12.7 Å². The lowest BCUT2D eigenvalue weighted by Crippen LogP contribution is -2.13. The fourth-order valence-corrected chi connectivity index (χ4v) is 3.96. The standard InChI is InChI=1S/C25H21BrFN3/c1-15-23(12-18(13-24(15)27)16(2)29-21-6-7-21)17-3-10-25-19(11-17)14-28-30(25)22-8-4-20(26)5-9-22/h3-5,8-14,21,29H,2,6-7H2,1H3. The molecule has 150 valence electrons. The number of benzene rings is 3. The fourth-order valence-electron chi connectivity index (χ4n) is 3.70. The molecular formula is C25H21BrFN3. The number of hydrogen-bond donors (Lipinski definition) is 1. The average molecular weight is 462 g/mol. The molecule has 5 heteroatoms. The number of nitrogens with zero attached hydrogens (tertiary/aromatic N) is 2. The summed E-state index contributed by atoms with van der Waals surface area (Å²) in [4.78, 5) is 0. The Bertz CT molecular complexity index is 1270.